The number of hydrogen-bond donors (Lipinski definition) is 0. The molecule has 1 fully saturated rings. The Morgan fingerprint density at radius 1 is 1.04 bits per heavy atom. The number of unbranched alkanes of at least 4 members (excludes halogenated alkanes) is 4. The Morgan fingerprint density at radius 3 is 2.32 bits per heavy atom. The van der Waals surface area contributed by atoms with Crippen molar-refractivity contribution in [1.82, 2.24) is 0 Å². The first-order valence-electron chi connectivity index (χ1n) is 10.1. The Labute approximate surface area is 153 Å². The normalized spacial score (nSPS) is 24.6. The molecule has 0 aromatic carbocycles. The van der Waals surface area contributed by atoms with Crippen LogP contribution in [-0.4, -0.2) is 24.2 Å². The van der Waals surface area contributed by atoms with Gasteiger partial charge in [-0.2, -0.15) is 0 Å². The summed E-state index contributed by atoms with van der Waals surface area (Å²) in [6.07, 6.45) is 14.4. The van der Waals surface area contributed by atoms with Crippen molar-refractivity contribution in [1.29, 1.82) is 0 Å². The smallest absolute Gasteiger partial charge is 0.211 e. The van der Waals surface area contributed by atoms with Crippen molar-refractivity contribution in [2.75, 3.05) is 0 Å². The van der Waals surface area contributed by atoms with Gasteiger partial charge in [0.2, 0.25) is 12.2 Å². The molecule has 0 saturated heterocycles. The van der Waals surface area contributed by atoms with Gasteiger partial charge in [0, 0.05) is 0 Å². The van der Waals surface area contributed by atoms with Crippen LogP contribution < -0.4 is 0 Å². The number of aliphatic imine (C=N–C) groups is 2. The highest BCUT2D eigenvalue weighted by atomic mass is 16.1. The van der Waals surface area contributed by atoms with Crippen molar-refractivity contribution < 1.29 is 9.59 Å². The van der Waals surface area contributed by atoms with Crippen LogP contribution in [0.15, 0.2) is 9.98 Å². The van der Waals surface area contributed by atoms with Crippen LogP contribution in [0.25, 0.3) is 0 Å². The molecule has 142 valence electrons. The van der Waals surface area contributed by atoms with Gasteiger partial charge in [-0.25, -0.2) is 19.6 Å². The summed E-state index contributed by atoms with van der Waals surface area (Å²) in [6.45, 7) is 9.08. The lowest BCUT2D eigenvalue weighted by atomic mass is 9.65. The highest BCUT2D eigenvalue weighted by Gasteiger charge is 2.36. The molecule has 0 aromatic rings. The molecule has 4 atom stereocenters. The van der Waals surface area contributed by atoms with Gasteiger partial charge in [-0.15, -0.1) is 0 Å². The number of hydrogen-bond acceptors (Lipinski definition) is 4. The van der Waals surface area contributed by atoms with Crippen LogP contribution in [-0.2, 0) is 9.59 Å². The van der Waals surface area contributed by atoms with Crippen LogP contribution in [0.2, 0.25) is 0 Å². The molecule has 0 spiro atoms. The number of nitrogens with zero attached hydrogens (tertiary/aromatic N) is 2. The van der Waals surface area contributed by atoms with Crippen LogP contribution in [0, 0.1) is 17.3 Å². The molecule has 0 amide bonds. The number of isocyanates is 2. The first-order valence-corrected chi connectivity index (χ1v) is 10.1. The maximum atomic E-state index is 11.0. The van der Waals surface area contributed by atoms with Crippen LogP contribution in [0.1, 0.15) is 91.9 Å². The van der Waals surface area contributed by atoms with Crippen molar-refractivity contribution in [3.63, 3.8) is 0 Å². The van der Waals surface area contributed by atoms with Gasteiger partial charge in [0.1, 0.15) is 0 Å². The topological polar surface area (TPSA) is 58.9 Å². The van der Waals surface area contributed by atoms with Crippen molar-refractivity contribution in [3.05, 3.63) is 0 Å². The van der Waals surface area contributed by atoms with E-state index in [9.17, 15) is 9.59 Å². The summed E-state index contributed by atoms with van der Waals surface area (Å²) in [7, 11) is 0. The summed E-state index contributed by atoms with van der Waals surface area (Å²) in [5.74, 6) is 1.02. The fraction of sp³-hybridized carbons (Fsp3) is 0.905. The van der Waals surface area contributed by atoms with E-state index in [1.165, 1.54) is 32.1 Å². The molecule has 0 N–H and O–H groups in total. The molecular weight excluding hydrogens is 312 g/mol. The quantitative estimate of drug-likeness (QED) is 0.277. The van der Waals surface area contributed by atoms with E-state index >= 15 is 0 Å². The molecule has 1 rings (SSSR count). The maximum Gasteiger partial charge on any atom is 0.235 e. The zero-order chi connectivity index (χ0) is 18.7. The summed E-state index contributed by atoms with van der Waals surface area (Å²) < 4.78 is 0. The second-order valence-corrected chi connectivity index (χ2v) is 8.77. The molecule has 0 heterocycles. The molecule has 0 aromatic heterocycles. The molecule has 4 heteroatoms. The first kappa shape index (κ1) is 21.8. The van der Waals surface area contributed by atoms with E-state index in [-0.39, 0.29) is 17.5 Å². The second kappa shape index (κ2) is 11.4. The summed E-state index contributed by atoms with van der Waals surface area (Å²) in [5, 5.41) is 0. The summed E-state index contributed by atoms with van der Waals surface area (Å²) in [6, 6.07) is -0.140. The Bertz CT molecular complexity index is 476. The molecule has 1 saturated carbocycles. The van der Waals surface area contributed by atoms with Crippen LogP contribution in [0.5, 0.6) is 0 Å². The van der Waals surface area contributed by atoms with E-state index in [2.05, 4.69) is 37.7 Å². The van der Waals surface area contributed by atoms with Crippen molar-refractivity contribution in [3.8, 4) is 0 Å². The van der Waals surface area contributed by atoms with Gasteiger partial charge in [-0.1, -0.05) is 59.8 Å². The lowest BCUT2D eigenvalue weighted by Gasteiger charge is -2.41. The minimum Gasteiger partial charge on any atom is -0.211 e. The van der Waals surface area contributed by atoms with Gasteiger partial charge in [0.05, 0.1) is 12.1 Å². The lowest BCUT2D eigenvalue weighted by Crippen LogP contribution is -2.35. The average molecular weight is 349 g/mol. The molecule has 1 aliphatic carbocycles. The molecule has 1 aliphatic rings. The van der Waals surface area contributed by atoms with E-state index in [0.29, 0.717) is 18.3 Å². The Hall–Kier alpha value is -1.24. The van der Waals surface area contributed by atoms with Crippen molar-refractivity contribution in [2.24, 2.45) is 27.2 Å². The minimum atomic E-state index is -0.0720. The Balaban J connectivity index is 2.68. The zero-order valence-electron chi connectivity index (χ0n) is 16.6. The average Bonchev–Trinajstić information content (AvgIpc) is 2.52. The van der Waals surface area contributed by atoms with E-state index in [0.717, 1.165) is 25.7 Å². The predicted molar refractivity (Wildman–Crippen MR) is 102 cm³/mol. The third-order valence-electron chi connectivity index (χ3n) is 5.57. The van der Waals surface area contributed by atoms with E-state index in [1.54, 1.807) is 12.2 Å². The monoisotopic (exact) mass is 348 g/mol. The van der Waals surface area contributed by atoms with Gasteiger partial charge in [0.15, 0.2) is 0 Å². The summed E-state index contributed by atoms with van der Waals surface area (Å²) >= 11 is 0. The third kappa shape index (κ3) is 8.61. The van der Waals surface area contributed by atoms with Crippen LogP contribution >= 0.6 is 0 Å². The van der Waals surface area contributed by atoms with Crippen molar-refractivity contribution >= 4 is 12.2 Å². The highest BCUT2D eigenvalue weighted by molar-refractivity contribution is 5.34. The van der Waals surface area contributed by atoms with Gasteiger partial charge >= 0.3 is 0 Å². The number of rotatable bonds is 11. The minimum absolute atomic E-state index is 0.0680. The molecular formula is C21H36N2O2. The molecule has 4 nitrogen and oxygen atoms in total. The predicted octanol–water partition coefficient (Wildman–Crippen LogP) is 5.61. The number of carbonyl (C=O) groups excluding carboxylic acids is 2. The lowest BCUT2D eigenvalue weighted by molar-refractivity contribution is 0.113. The maximum absolute atomic E-state index is 11.0. The third-order valence-corrected chi connectivity index (χ3v) is 5.57. The summed E-state index contributed by atoms with van der Waals surface area (Å²) in [4.78, 5) is 29.9. The SMILES string of the molecule is CCCCCCCC(CC(N=C=O)C1CC(C)CC(C)(C)C1)N=C=O. The fourth-order valence-corrected chi connectivity index (χ4v) is 4.70. The van der Waals surface area contributed by atoms with Gasteiger partial charge < -0.3 is 0 Å². The van der Waals surface area contributed by atoms with E-state index in [4.69, 9.17) is 0 Å². The van der Waals surface area contributed by atoms with Gasteiger partial charge in [-0.05, 0) is 49.4 Å². The van der Waals surface area contributed by atoms with Crippen LogP contribution in [0.4, 0.5) is 0 Å². The Kier molecular flexibility index (Phi) is 9.93. The molecule has 25 heavy (non-hydrogen) atoms. The molecule has 4 unspecified atom stereocenters. The van der Waals surface area contributed by atoms with E-state index in [1.807, 2.05) is 0 Å². The first-order chi connectivity index (χ1) is 11.9. The van der Waals surface area contributed by atoms with Gasteiger partial charge in [0.25, 0.3) is 0 Å². The molecule has 0 aliphatic heterocycles. The zero-order valence-corrected chi connectivity index (χ0v) is 16.6. The standard InChI is InChI=1S/C21H36N2O2/c1-5-6-7-8-9-10-19(22-15-24)12-20(23-16-25)18-11-17(2)13-21(3,4)14-18/h17-20H,5-14H2,1-4H3. The highest BCUT2D eigenvalue weighted by Crippen LogP contribution is 2.44. The van der Waals surface area contributed by atoms with E-state index < -0.39 is 0 Å². The Morgan fingerprint density at radius 2 is 1.72 bits per heavy atom. The largest absolute Gasteiger partial charge is 0.235 e. The molecule has 0 radical (unpaired) electrons. The summed E-state index contributed by atoms with van der Waals surface area (Å²) in [5.41, 5.74) is 0.280. The van der Waals surface area contributed by atoms with Gasteiger partial charge in [-0.3, -0.25) is 0 Å². The second-order valence-electron chi connectivity index (χ2n) is 8.77. The fourth-order valence-electron chi connectivity index (χ4n) is 4.70. The van der Waals surface area contributed by atoms with Crippen molar-refractivity contribution in [2.45, 2.75) is 104 Å². The molecule has 0 bridgehead atoms. The van der Waals surface area contributed by atoms with Crippen LogP contribution in [0.3, 0.4) is 0 Å².